The predicted molar refractivity (Wildman–Crippen MR) is 37.6 cm³/mol. The molecule has 1 aliphatic heterocycles. The van der Waals surface area contributed by atoms with Gasteiger partial charge < -0.3 is 10.2 Å². The Morgan fingerprint density at radius 3 is 1.88 bits per heavy atom. The first kappa shape index (κ1) is 8.21. The van der Waals surface area contributed by atoms with Crippen LogP contribution in [0.25, 0.3) is 0 Å². The normalized spacial score (nSPS) is 19.9. The molecule has 8 heavy (non-hydrogen) atoms. The summed E-state index contributed by atoms with van der Waals surface area (Å²) < 4.78 is 0. The second-order valence-electron chi connectivity index (χ2n) is 2.28. The molecule has 0 aromatic heterocycles. The quantitative estimate of drug-likeness (QED) is 0.544. The van der Waals surface area contributed by atoms with E-state index in [4.69, 9.17) is 0 Å². The van der Waals surface area contributed by atoms with Crippen LogP contribution >= 0.6 is 12.4 Å². The largest absolute Gasteiger partial charge is 0.314 e. The smallest absolute Gasteiger partial charge is 0.0339 e. The van der Waals surface area contributed by atoms with Crippen molar-refractivity contribution in [3.63, 3.8) is 0 Å². The van der Waals surface area contributed by atoms with E-state index in [-0.39, 0.29) is 12.4 Å². The lowest BCUT2D eigenvalue weighted by Crippen LogP contribution is -2.54. The van der Waals surface area contributed by atoms with Gasteiger partial charge in [0.1, 0.15) is 0 Å². The first-order valence-corrected chi connectivity index (χ1v) is 2.68. The SMILES string of the molecule is CN(C)C1CNC1.Cl. The molecule has 1 rings (SSSR count). The molecule has 50 valence electrons. The monoisotopic (exact) mass is 136 g/mol. The van der Waals surface area contributed by atoms with Gasteiger partial charge >= 0.3 is 0 Å². The van der Waals surface area contributed by atoms with Gasteiger partial charge in [0.15, 0.2) is 0 Å². The van der Waals surface area contributed by atoms with Crippen LogP contribution in [0.15, 0.2) is 0 Å². The summed E-state index contributed by atoms with van der Waals surface area (Å²) in [5.74, 6) is 0. The Hall–Kier alpha value is 0.210. The Balaban J connectivity index is 0.000000490. The van der Waals surface area contributed by atoms with Gasteiger partial charge in [-0.2, -0.15) is 0 Å². The Morgan fingerprint density at radius 2 is 1.88 bits per heavy atom. The highest BCUT2D eigenvalue weighted by molar-refractivity contribution is 5.85. The van der Waals surface area contributed by atoms with Crippen LogP contribution in [0.3, 0.4) is 0 Å². The van der Waals surface area contributed by atoms with Crippen LogP contribution in [0.5, 0.6) is 0 Å². The fourth-order valence-electron chi connectivity index (χ4n) is 0.639. The summed E-state index contributed by atoms with van der Waals surface area (Å²) in [7, 11) is 4.23. The summed E-state index contributed by atoms with van der Waals surface area (Å²) in [6, 6.07) is 0.806. The zero-order chi connectivity index (χ0) is 5.28. The summed E-state index contributed by atoms with van der Waals surface area (Å²) in [6.45, 7) is 2.35. The standard InChI is InChI=1S/C5H12N2.ClH/c1-7(2)5-3-6-4-5;/h5-6H,3-4H2,1-2H3;1H. The average molecular weight is 137 g/mol. The van der Waals surface area contributed by atoms with Crippen molar-refractivity contribution in [3.8, 4) is 0 Å². The van der Waals surface area contributed by atoms with Crippen molar-refractivity contribution in [2.24, 2.45) is 0 Å². The van der Waals surface area contributed by atoms with Crippen LogP contribution in [-0.2, 0) is 0 Å². The van der Waals surface area contributed by atoms with Gasteiger partial charge in [-0.25, -0.2) is 0 Å². The van der Waals surface area contributed by atoms with Crippen LogP contribution < -0.4 is 5.32 Å². The molecule has 0 atom stereocenters. The molecule has 0 aromatic carbocycles. The third-order valence-electron chi connectivity index (χ3n) is 1.49. The predicted octanol–water partition coefficient (Wildman–Crippen LogP) is -0.0584. The number of nitrogens with zero attached hydrogens (tertiary/aromatic N) is 1. The molecular formula is C5H13ClN2. The van der Waals surface area contributed by atoms with Crippen molar-refractivity contribution in [1.29, 1.82) is 0 Å². The van der Waals surface area contributed by atoms with E-state index in [9.17, 15) is 0 Å². The molecule has 1 N–H and O–H groups in total. The van der Waals surface area contributed by atoms with Crippen LogP contribution in [0.1, 0.15) is 0 Å². The van der Waals surface area contributed by atoms with Crippen LogP contribution in [0, 0.1) is 0 Å². The molecule has 1 fully saturated rings. The lowest BCUT2D eigenvalue weighted by atomic mass is 10.2. The highest BCUT2D eigenvalue weighted by atomic mass is 35.5. The summed E-state index contributed by atoms with van der Waals surface area (Å²) >= 11 is 0. The number of nitrogens with one attached hydrogen (secondary N) is 1. The minimum absolute atomic E-state index is 0. The first-order chi connectivity index (χ1) is 3.30. The third-order valence-corrected chi connectivity index (χ3v) is 1.49. The van der Waals surface area contributed by atoms with Crippen molar-refractivity contribution < 1.29 is 0 Å². The number of hydrogen-bond acceptors (Lipinski definition) is 2. The lowest BCUT2D eigenvalue weighted by molar-refractivity contribution is 0.216. The summed E-state index contributed by atoms with van der Waals surface area (Å²) in [5.41, 5.74) is 0. The fraction of sp³-hybridized carbons (Fsp3) is 1.00. The van der Waals surface area contributed by atoms with Gasteiger partial charge in [0.25, 0.3) is 0 Å². The van der Waals surface area contributed by atoms with Gasteiger partial charge in [-0.15, -0.1) is 12.4 Å². The number of likely N-dealkylation sites (N-methyl/N-ethyl adjacent to an activating group) is 1. The second kappa shape index (κ2) is 3.28. The number of halogens is 1. The highest BCUT2D eigenvalue weighted by Gasteiger charge is 2.17. The summed E-state index contributed by atoms with van der Waals surface area (Å²) in [5, 5.41) is 3.20. The van der Waals surface area contributed by atoms with Crippen LogP contribution in [0.4, 0.5) is 0 Å². The van der Waals surface area contributed by atoms with Crippen molar-refractivity contribution in [2.75, 3.05) is 27.2 Å². The summed E-state index contributed by atoms with van der Waals surface area (Å²) in [6.07, 6.45) is 0. The maximum atomic E-state index is 3.20. The Labute approximate surface area is 56.7 Å². The zero-order valence-corrected chi connectivity index (χ0v) is 6.16. The van der Waals surface area contributed by atoms with E-state index in [1.807, 2.05) is 0 Å². The topological polar surface area (TPSA) is 15.3 Å². The molecule has 0 radical (unpaired) electrons. The van der Waals surface area contributed by atoms with Crippen molar-refractivity contribution >= 4 is 12.4 Å². The van der Waals surface area contributed by atoms with Crippen molar-refractivity contribution in [3.05, 3.63) is 0 Å². The molecule has 1 heterocycles. The number of rotatable bonds is 1. The molecule has 0 spiro atoms. The van der Waals surface area contributed by atoms with E-state index >= 15 is 0 Å². The molecule has 0 saturated carbocycles. The molecule has 0 bridgehead atoms. The maximum absolute atomic E-state index is 3.20. The Bertz CT molecular complexity index is 61.4. The van der Waals surface area contributed by atoms with Gasteiger partial charge in [0.2, 0.25) is 0 Å². The van der Waals surface area contributed by atoms with Gasteiger partial charge in [-0.05, 0) is 14.1 Å². The first-order valence-electron chi connectivity index (χ1n) is 2.68. The van der Waals surface area contributed by atoms with Crippen molar-refractivity contribution in [2.45, 2.75) is 6.04 Å². The number of hydrogen-bond donors (Lipinski definition) is 1. The fourth-order valence-corrected chi connectivity index (χ4v) is 0.639. The minimum atomic E-state index is 0. The van der Waals surface area contributed by atoms with Crippen molar-refractivity contribution in [1.82, 2.24) is 10.2 Å². The molecule has 0 amide bonds. The Kier molecular flexibility index (Phi) is 3.36. The van der Waals surface area contributed by atoms with E-state index in [0.717, 1.165) is 6.04 Å². The lowest BCUT2D eigenvalue weighted by Gasteiger charge is -2.32. The van der Waals surface area contributed by atoms with E-state index in [1.54, 1.807) is 0 Å². The second-order valence-corrected chi connectivity index (χ2v) is 2.28. The minimum Gasteiger partial charge on any atom is -0.314 e. The van der Waals surface area contributed by atoms with E-state index in [1.165, 1.54) is 13.1 Å². The van der Waals surface area contributed by atoms with E-state index in [0.29, 0.717) is 0 Å². The van der Waals surface area contributed by atoms with Gasteiger partial charge in [0.05, 0.1) is 0 Å². The van der Waals surface area contributed by atoms with E-state index < -0.39 is 0 Å². The molecule has 0 aliphatic carbocycles. The molecule has 0 aromatic rings. The average Bonchev–Trinajstić information content (AvgIpc) is 1.23. The maximum Gasteiger partial charge on any atom is 0.0339 e. The Morgan fingerprint density at radius 1 is 1.38 bits per heavy atom. The van der Waals surface area contributed by atoms with Gasteiger partial charge in [-0.3, -0.25) is 0 Å². The highest BCUT2D eigenvalue weighted by Crippen LogP contribution is 1.96. The van der Waals surface area contributed by atoms with E-state index in [2.05, 4.69) is 24.3 Å². The molecule has 0 unspecified atom stereocenters. The molecular weight excluding hydrogens is 124 g/mol. The van der Waals surface area contributed by atoms with Crippen LogP contribution in [0.2, 0.25) is 0 Å². The van der Waals surface area contributed by atoms with Gasteiger partial charge in [0, 0.05) is 19.1 Å². The van der Waals surface area contributed by atoms with Gasteiger partial charge in [-0.1, -0.05) is 0 Å². The molecule has 1 saturated heterocycles. The molecule has 2 nitrogen and oxygen atoms in total. The molecule has 1 aliphatic rings. The zero-order valence-electron chi connectivity index (χ0n) is 5.35. The van der Waals surface area contributed by atoms with Crippen LogP contribution in [-0.4, -0.2) is 38.1 Å². The molecule has 3 heteroatoms. The third kappa shape index (κ3) is 1.62. The summed E-state index contributed by atoms with van der Waals surface area (Å²) in [4.78, 5) is 2.25.